The molecule has 1 amide bonds. The molecule has 2 aromatic rings. The minimum atomic E-state index is -0.266. The Morgan fingerprint density at radius 2 is 2.33 bits per heavy atom. The first-order valence-electron chi connectivity index (χ1n) is 5.46. The van der Waals surface area contributed by atoms with Crippen molar-refractivity contribution in [3.63, 3.8) is 0 Å². The number of nitrogen functional groups attached to an aromatic ring is 1. The predicted octanol–water partition coefficient (Wildman–Crippen LogP) is 1.55. The Hall–Kier alpha value is -2.01. The van der Waals surface area contributed by atoms with Gasteiger partial charge in [0.15, 0.2) is 0 Å². The van der Waals surface area contributed by atoms with Gasteiger partial charge in [0.1, 0.15) is 0 Å². The molecular weight excluding hydrogens is 252 g/mol. The molecule has 1 aromatic heterocycles. The summed E-state index contributed by atoms with van der Waals surface area (Å²) in [5, 5.41) is 3.12. The number of hydrogen-bond acceptors (Lipinski definition) is 3. The van der Waals surface area contributed by atoms with Gasteiger partial charge >= 0.3 is 0 Å². The number of anilines is 1. The maximum absolute atomic E-state index is 11.9. The smallest absolute Gasteiger partial charge is 0.254 e. The van der Waals surface area contributed by atoms with Gasteiger partial charge in [-0.15, -0.1) is 0 Å². The SMILES string of the molecule is Nc1cccc(Cl)c1C(=O)NCCn1ccnc1. The van der Waals surface area contributed by atoms with Gasteiger partial charge in [0.2, 0.25) is 0 Å². The second kappa shape index (κ2) is 5.55. The van der Waals surface area contributed by atoms with Crippen LogP contribution < -0.4 is 11.1 Å². The lowest BCUT2D eigenvalue weighted by atomic mass is 10.1. The average Bonchev–Trinajstić information content (AvgIpc) is 2.82. The summed E-state index contributed by atoms with van der Waals surface area (Å²) in [6.07, 6.45) is 5.21. The summed E-state index contributed by atoms with van der Waals surface area (Å²) >= 11 is 5.95. The van der Waals surface area contributed by atoms with E-state index in [1.165, 1.54) is 0 Å². The molecule has 0 unspecified atom stereocenters. The standard InChI is InChI=1S/C12H13ClN4O/c13-9-2-1-3-10(14)11(9)12(18)16-5-7-17-6-4-15-8-17/h1-4,6,8H,5,7,14H2,(H,16,18). The summed E-state index contributed by atoms with van der Waals surface area (Å²) in [6, 6.07) is 5.00. The third-order valence-electron chi connectivity index (χ3n) is 2.49. The molecule has 3 N–H and O–H groups in total. The Morgan fingerprint density at radius 3 is 3.00 bits per heavy atom. The van der Waals surface area contributed by atoms with Crippen molar-refractivity contribution in [1.29, 1.82) is 0 Å². The number of carbonyl (C=O) groups is 1. The number of amides is 1. The molecule has 2 rings (SSSR count). The van der Waals surface area contributed by atoms with Gasteiger partial charge in [-0.3, -0.25) is 4.79 Å². The van der Waals surface area contributed by atoms with Crippen LogP contribution in [0, 0.1) is 0 Å². The van der Waals surface area contributed by atoms with E-state index < -0.39 is 0 Å². The van der Waals surface area contributed by atoms with E-state index in [0.29, 0.717) is 29.4 Å². The Morgan fingerprint density at radius 1 is 1.50 bits per heavy atom. The molecular formula is C12H13ClN4O. The molecule has 0 atom stereocenters. The maximum Gasteiger partial charge on any atom is 0.254 e. The highest BCUT2D eigenvalue weighted by Gasteiger charge is 2.12. The van der Waals surface area contributed by atoms with E-state index in [4.69, 9.17) is 17.3 Å². The van der Waals surface area contributed by atoms with Gasteiger partial charge in [-0.05, 0) is 12.1 Å². The van der Waals surface area contributed by atoms with Crippen molar-refractivity contribution in [2.75, 3.05) is 12.3 Å². The minimum Gasteiger partial charge on any atom is -0.398 e. The number of halogens is 1. The number of benzene rings is 1. The van der Waals surface area contributed by atoms with Gasteiger partial charge in [0, 0.05) is 31.2 Å². The van der Waals surface area contributed by atoms with Crippen LogP contribution >= 0.6 is 11.6 Å². The third-order valence-corrected chi connectivity index (χ3v) is 2.80. The largest absolute Gasteiger partial charge is 0.398 e. The highest BCUT2D eigenvalue weighted by Crippen LogP contribution is 2.21. The van der Waals surface area contributed by atoms with E-state index in [1.54, 1.807) is 30.7 Å². The van der Waals surface area contributed by atoms with Crippen molar-refractivity contribution in [3.8, 4) is 0 Å². The molecule has 1 heterocycles. The van der Waals surface area contributed by atoms with Gasteiger partial charge in [-0.25, -0.2) is 4.98 Å². The monoisotopic (exact) mass is 264 g/mol. The molecule has 0 fully saturated rings. The molecule has 0 bridgehead atoms. The molecule has 0 aliphatic rings. The normalized spacial score (nSPS) is 10.3. The number of aromatic nitrogens is 2. The van der Waals surface area contributed by atoms with Crippen molar-refractivity contribution in [2.24, 2.45) is 0 Å². The molecule has 5 nitrogen and oxygen atoms in total. The van der Waals surface area contributed by atoms with Crippen LogP contribution in [0.1, 0.15) is 10.4 Å². The van der Waals surface area contributed by atoms with Gasteiger partial charge in [-0.1, -0.05) is 17.7 Å². The van der Waals surface area contributed by atoms with Crippen LogP contribution in [0.4, 0.5) is 5.69 Å². The lowest BCUT2D eigenvalue weighted by Crippen LogP contribution is -2.28. The van der Waals surface area contributed by atoms with Crippen LogP contribution in [-0.4, -0.2) is 22.0 Å². The van der Waals surface area contributed by atoms with Crippen LogP contribution in [0.5, 0.6) is 0 Å². The Labute approximate surface area is 110 Å². The van der Waals surface area contributed by atoms with Gasteiger partial charge in [0.05, 0.1) is 16.9 Å². The van der Waals surface area contributed by atoms with E-state index >= 15 is 0 Å². The van der Waals surface area contributed by atoms with E-state index in [9.17, 15) is 4.79 Å². The van der Waals surface area contributed by atoms with E-state index in [1.807, 2.05) is 10.8 Å². The van der Waals surface area contributed by atoms with Crippen molar-refractivity contribution >= 4 is 23.2 Å². The Bertz CT molecular complexity index is 519. The quantitative estimate of drug-likeness (QED) is 0.823. The van der Waals surface area contributed by atoms with Gasteiger partial charge in [-0.2, -0.15) is 0 Å². The highest BCUT2D eigenvalue weighted by molar-refractivity contribution is 6.34. The summed E-state index contributed by atoms with van der Waals surface area (Å²) in [5.41, 5.74) is 6.43. The van der Waals surface area contributed by atoms with Crippen LogP contribution in [0.25, 0.3) is 0 Å². The van der Waals surface area contributed by atoms with Crippen molar-refractivity contribution < 1.29 is 4.79 Å². The Kier molecular flexibility index (Phi) is 3.84. The first-order valence-corrected chi connectivity index (χ1v) is 5.84. The van der Waals surface area contributed by atoms with Crippen LogP contribution in [0.3, 0.4) is 0 Å². The summed E-state index contributed by atoms with van der Waals surface area (Å²) in [7, 11) is 0. The number of nitrogens with one attached hydrogen (secondary N) is 1. The fourth-order valence-corrected chi connectivity index (χ4v) is 1.85. The fourth-order valence-electron chi connectivity index (χ4n) is 1.59. The molecule has 0 saturated carbocycles. The molecule has 0 aliphatic heterocycles. The van der Waals surface area contributed by atoms with E-state index in [2.05, 4.69) is 10.3 Å². The molecule has 18 heavy (non-hydrogen) atoms. The second-order valence-corrected chi connectivity index (χ2v) is 4.17. The highest BCUT2D eigenvalue weighted by atomic mass is 35.5. The fraction of sp³-hybridized carbons (Fsp3) is 0.167. The zero-order chi connectivity index (χ0) is 13.0. The number of imidazole rings is 1. The number of carbonyl (C=O) groups excluding carboxylic acids is 1. The maximum atomic E-state index is 11.9. The second-order valence-electron chi connectivity index (χ2n) is 3.76. The van der Waals surface area contributed by atoms with Crippen LogP contribution in [-0.2, 0) is 6.54 Å². The third kappa shape index (κ3) is 2.81. The van der Waals surface area contributed by atoms with E-state index in [0.717, 1.165) is 0 Å². The first kappa shape index (κ1) is 12.4. The summed E-state index contributed by atoms with van der Waals surface area (Å²) < 4.78 is 1.87. The number of hydrogen-bond donors (Lipinski definition) is 2. The lowest BCUT2D eigenvalue weighted by molar-refractivity contribution is 0.0953. The predicted molar refractivity (Wildman–Crippen MR) is 70.4 cm³/mol. The van der Waals surface area contributed by atoms with Crippen LogP contribution in [0.15, 0.2) is 36.9 Å². The lowest BCUT2D eigenvalue weighted by Gasteiger charge is -2.09. The zero-order valence-corrected chi connectivity index (χ0v) is 10.4. The van der Waals surface area contributed by atoms with Gasteiger partial charge < -0.3 is 15.6 Å². The summed E-state index contributed by atoms with van der Waals surface area (Å²) in [5.74, 6) is -0.266. The van der Waals surface area contributed by atoms with E-state index in [-0.39, 0.29) is 5.91 Å². The molecule has 6 heteroatoms. The summed E-state index contributed by atoms with van der Waals surface area (Å²) in [4.78, 5) is 15.8. The number of nitrogens with zero attached hydrogens (tertiary/aromatic N) is 2. The zero-order valence-electron chi connectivity index (χ0n) is 9.64. The number of rotatable bonds is 4. The van der Waals surface area contributed by atoms with Crippen molar-refractivity contribution in [3.05, 3.63) is 47.5 Å². The molecule has 94 valence electrons. The van der Waals surface area contributed by atoms with Gasteiger partial charge in [0.25, 0.3) is 5.91 Å². The minimum absolute atomic E-state index is 0.266. The van der Waals surface area contributed by atoms with Crippen molar-refractivity contribution in [2.45, 2.75) is 6.54 Å². The number of nitrogens with two attached hydrogens (primary N) is 1. The molecule has 0 spiro atoms. The Balaban J connectivity index is 1.96. The van der Waals surface area contributed by atoms with Crippen LogP contribution in [0.2, 0.25) is 5.02 Å². The first-order chi connectivity index (χ1) is 8.68. The average molecular weight is 265 g/mol. The molecule has 1 aromatic carbocycles. The molecule has 0 radical (unpaired) electrons. The molecule has 0 aliphatic carbocycles. The summed E-state index contributed by atoms with van der Waals surface area (Å²) in [6.45, 7) is 1.13. The molecule has 0 saturated heterocycles. The van der Waals surface area contributed by atoms with Crippen molar-refractivity contribution in [1.82, 2.24) is 14.9 Å². The topological polar surface area (TPSA) is 72.9 Å².